The number of aryl methyl sites for hydroxylation is 1. The molecule has 0 unspecified atom stereocenters. The molecule has 0 aliphatic carbocycles. The third-order valence-electron chi connectivity index (χ3n) is 5.60. The van der Waals surface area contributed by atoms with E-state index < -0.39 is 16.1 Å². The Hall–Kier alpha value is -2.94. The van der Waals surface area contributed by atoms with Crippen LogP contribution >= 0.6 is 0 Å². The quantitative estimate of drug-likeness (QED) is 0.427. The van der Waals surface area contributed by atoms with E-state index in [1.54, 1.807) is 6.07 Å². The first-order chi connectivity index (χ1) is 16.0. The molecule has 1 atom stereocenters. The lowest BCUT2D eigenvalue weighted by molar-refractivity contribution is 0.102. The fourth-order valence-corrected chi connectivity index (χ4v) is 5.36. The van der Waals surface area contributed by atoms with Crippen LogP contribution in [0.3, 0.4) is 0 Å². The summed E-state index contributed by atoms with van der Waals surface area (Å²) in [5.41, 5.74) is 2.09. The van der Waals surface area contributed by atoms with Crippen molar-refractivity contribution in [1.29, 1.82) is 0 Å². The molecule has 0 fully saturated rings. The number of nitrogens with zero attached hydrogens (tertiary/aromatic N) is 1. The van der Waals surface area contributed by atoms with E-state index in [0.717, 1.165) is 40.9 Å². The number of benzene rings is 3. The Morgan fingerprint density at radius 2 is 1.79 bits per heavy atom. The highest BCUT2D eigenvalue weighted by molar-refractivity contribution is 7.89. The lowest BCUT2D eigenvalue weighted by Crippen LogP contribution is -2.42. The van der Waals surface area contributed by atoms with Gasteiger partial charge in [0.15, 0.2) is 5.96 Å². The molecular formula is C25H30N4O3S. The van der Waals surface area contributed by atoms with E-state index in [9.17, 15) is 8.42 Å². The summed E-state index contributed by atoms with van der Waals surface area (Å²) in [4.78, 5) is 4.61. The molecule has 7 nitrogen and oxygen atoms in total. The highest BCUT2D eigenvalue weighted by atomic mass is 32.2. The fraction of sp³-hybridized carbons (Fsp3) is 0.320. The van der Waals surface area contributed by atoms with Crippen molar-refractivity contribution in [2.45, 2.75) is 30.9 Å². The van der Waals surface area contributed by atoms with Gasteiger partial charge in [0.1, 0.15) is 0 Å². The Labute approximate surface area is 195 Å². The number of guanidine groups is 1. The predicted octanol–water partition coefficient (Wildman–Crippen LogP) is 2.95. The van der Waals surface area contributed by atoms with Crippen molar-refractivity contribution in [1.82, 2.24) is 15.4 Å². The van der Waals surface area contributed by atoms with Crippen molar-refractivity contribution < 1.29 is 13.2 Å². The topological polar surface area (TPSA) is 91.8 Å². The van der Waals surface area contributed by atoms with E-state index in [4.69, 9.17) is 4.74 Å². The van der Waals surface area contributed by atoms with Crippen molar-refractivity contribution in [3.63, 3.8) is 0 Å². The van der Waals surface area contributed by atoms with Crippen LogP contribution in [-0.4, -0.2) is 46.7 Å². The first-order valence-electron chi connectivity index (χ1n) is 11.2. The van der Waals surface area contributed by atoms with Gasteiger partial charge in [-0.15, -0.1) is 0 Å². The smallest absolute Gasteiger partial charge is 0.241 e. The summed E-state index contributed by atoms with van der Waals surface area (Å²) in [5.74, 6) is 0.756. The molecule has 0 saturated heterocycles. The molecule has 3 N–H and O–H groups in total. The second-order valence-corrected chi connectivity index (χ2v) is 9.80. The van der Waals surface area contributed by atoms with Crippen LogP contribution in [0.1, 0.15) is 17.5 Å². The Balaban J connectivity index is 1.48. The Kier molecular flexibility index (Phi) is 7.59. The number of ether oxygens (including phenoxy) is 1. The van der Waals surface area contributed by atoms with Crippen molar-refractivity contribution in [3.05, 3.63) is 77.9 Å². The molecule has 4 rings (SSSR count). The molecule has 0 saturated carbocycles. The van der Waals surface area contributed by atoms with Gasteiger partial charge in [-0.25, -0.2) is 13.1 Å². The molecule has 8 heteroatoms. The van der Waals surface area contributed by atoms with Crippen LogP contribution in [0.4, 0.5) is 0 Å². The number of hydrogen-bond acceptors (Lipinski definition) is 6. The molecule has 0 aromatic heterocycles. The molecule has 3 aromatic carbocycles. The SMILES string of the molecule is Cc1ccc(S(=O)(=O)N[C@@H](CCNC2=NCCN2)COCc2ccccc2)c2ccccc12. The minimum Gasteiger partial charge on any atom is -0.375 e. The number of hydrogen-bond donors (Lipinski definition) is 3. The maximum atomic E-state index is 13.4. The maximum Gasteiger partial charge on any atom is 0.241 e. The first kappa shape index (κ1) is 23.2. The predicted molar refractivity (Wildman–Crippen MR) is 132 cm³/mol. The third kappa shape index (κ3) is 6.10. The van der Waals surface area contributed by atoms with Gasteiger partial charge in [0.05, 0.1) is 24.7 Å². The zero-order valence-corrected chi connectivity index (χ0v) is 19.6. The van der Waals surface area contributed by atoms with Gasteiger partial charge in [-0.1, -0.05) is 60.7 Å². The minimum atomic E-state index is -3.75. The largest absolute Gasteiger partial charge is 0.375 e. The van der Waals surface area contributed by atoms with Crippen LogP contribution in [0.2, 0.25) is 0 Å². The average Bonchev–Trinajstić information content (AvgIpc) is 3.33. The molecule has 174 valence electrons. The number of sulfonamides is 1. The van der Waals surface area contributed by atoms with Crippen molar-refractivity contribution in [2.75, 3.05) is 26.2 Å². The van der Waals surface area contributed by atoms with E-state index in [0.29, 0.717) is 19.6 Å². The normalized spacial score (nSPS) is 14.6. The molecule has 33 heavy (non-hydrogen) atoms. The van der Waals surface area contributed by atoms with Gasteiger partial charge in [-0.05, 0) is 35.9 Å². The van der Waals surface area contributed by atoms with Crippen molar-refractivity contribution >= 4 is 26.8 Å². The van der Waals surface area contributed by atoms with Crippen LogP contribution < -0.4 is 15.4 Å². The Morgan fingerprint density at radius 3 is 2.55 bits per heavy atom. The summed E-state index contributed by atoms with van der Waals surface area (Å²) in [7, 11) is -3.75. The standard InChI is InChI=1S/C25H30N4O3S/c1-19-11-12-24(23-10-6-5-9-22(19)23)33(30,31)29-21(13-14-26-25-27-15-16-28-25)18-32-17-20-7-3-2-4-8-20/h2-12,21,29H,13-18H2,1H3,(H2,26,27,28)/t21-/m0/s1. The highest BCUT2D eigenvalue weighted by Gasteiger charge is 2.23. The molecule has 0 amide bonds. The number of aliphatic imine (C=N–C) groups is 1. The lowest BCUT2D eigenvalue weighted by Gasteiger charge is -2.20. The van der Waals surface area contributed by atoms with Gasteiger partial charge < -0.3 is 15.4 Å². The van der Waals surface area contributed by atoms with Crippen molar-refractivity contribution in [3.8, 4) is 0 Å². The second-order valence-electron chi connectivity index (χ2n) is 8.12. The maximum absolute atomic E-state index is 13.4. The molecule has 0 radical (unpaired) electrons. The van der Waals surface area contributed by atoms with E-state index in [-0.39, 0.29) is 11.5 Å². The summed E-state index contributed by atoms with van der Waals surface area (Å²) >= 11 is 0. The lowest BCUT2D eigenvalue weighted by atomic mass is 10.1. The van der Waals surface area contributed by atoms with Gasteiger partial charge in [-0.3, -0.25) is 4.99 Å². The summed E-state index contributed by atoms with van der Waals surface area (Å²) < 4.78 is 35.6. The minimum absolute atomic E-state index is 0.263. The molecule has 3 aromatic rings. The zero-order chi connectivity index (χ0) is 23.1. The van der Waals surface area contributed by atoms with Crippen LogP contribution in [-0.2, 0) is 21.4 Å². The van der Waals surface area contributed by atoms with Crippen LogP contribution in [0, 0.1) is 6.92 Å². The number of rotatable bonds is 10. The summed E-state index contributed by atoms with van der Waals surface area (Å²) in [6.07, 6.45) is 0.554. The van der Waals surface area contributed by atoms with Gasteiger partial charge in [0.2, 0.25) is 10.0 Å². The average molecular weight is 467 g/mol. The van der Waals surface area contributed by atoms with E-state index in [2.05, 4.69) is 20.3 Å². The molecule has 1 aliphatic rings. The molecular weight excluding hydrogens is 436 g/mol. The van der Waals surface area contributed by atoms with Gasteiger partial charge in [0.25, 0.3) is 0 Å². The number of fused-ring (bicyclic) bond motifs is 1. The second kappa shape index (κ2) is 10.8. The molecule has 1 heterocycles. The van der Waals surface area contributed by atoms with Gasteiger partial charge >= 0.3 is 0 Å². The van der Waals surface area contributed by atoms with E-state index >= 15 is 0 Å². The fourth-order valence-electron chi connectivity index (χ4n) is 3.89. The van der Waals surface area contributed by atoms with Crippen LogP contribution in [0.5, 0.6) is 0 Å². The zero-order valence-electron chi connectivity index (χ0n) is 18.8. The molecule has 0 spiro atoms. The van der Waals surface area contributed by atoms with E-state index in [1.165, 1.54) is 0 Å². The third-order valence-corrected chi connectivity index (χ3v) is 7.18. The summed E-state index contributed by atoms with van der Waals surface area (Å²) in [5, 5.41) is 8.05. The van der Waals surface area contributed by atoms with Crippen molar-refractivity contribution in [2.24, 2.45) is 4.99 Å². The van der Waals surface area contributed by atoms with Crippen LogP contribution in [0.25, 0.3) is 10.8 Å². The highest BCUT2D eigenvalue weighted by Crippen LogP contribution is 2.26. The summed E-state index contributed by atoms with van der Waals surface area (Å²) in [6.45, 7) is 4.81. The Morgan fingerprint density at radius 1 is 1.03 bits per heavy atom. The van der Waals surface area contributed by atoms with Gasteiger partial charge in [0, 0.05) is 24.5 Å². The first-order valence-corrected chi connectivity index (χ1v) is 12.7. The monoisotopic (exact) mass is 466 g/mol. The molecule has 0 bridgehead atoms. The van der Waals surface area contributed by atoms with Gasteiger partial charge in [-0.2, -0.15) is 0 Å². The molecule has 1 aliphatic heterocycles. The van der Waals surface area contributed by atoms with E-state index in [1.807, 2.05) is 67.6 Å². The summed E-state index contributed by atoms with van der Waals surface area (Å²) in [6, 6.07) is 20.6. The number of nitrogens with one attached hydrogen (secondary N) is 3. The van der Waals surface area contributed by atoms with Crippen LogP contribution in [0.15, 0.2) is 76.6 Å². The Bertz CT molecular complexity index is 1210.